The van der Waals surface area contributed by atoms with Gasteiger partial charge in [-0.2, -0.15) is 0 Å². The molecule has 0 unspecified atom stereocenters. The summed E-state index contributed by atoms with van der Waals surface area (Å²) in [7, 11) is 0. The number of carbonyl (C=O) groups excluding carboxylic acids is 1. The summed E-state index contributed by atoms with van der Waals surface area (Å²) in [5, 5.41) is 0. The molecule has 0 spiro atoms. The molecule has 1 amide bonds. The summed E-state index contributed by atoms with van der Waals surface area (Å²) in [5.74, 6) is 2.17. The molecule has 1 aromatic heterocycles. The van der Waals surface area contributed by atoms with Crippen LogP contribution in [-0.2, 0) is 17.6 Å². The van der Waals surface area contributed by atoms with Crippen molar-refractivity contribution in [3.8, 4) is 11.5 Å². The van der Waals surface area contributed by atoms with Gasteiger partial charge in [0, 0.05) is 25.4 Å². The molecule has 2 aliphatic heterocycles. The Labute approximate surface area is 151 Å². The smallest absolute Gasteiger partial charge is 0.247 e. The Morgan fingerprint density at radius 1 is 1.08 bits per heavy atom. The second-order valence-electron chi connectivity index (χ2n) is 6.95. The highest BCUT2D eigenvalue weighted by atomic mass is 16.7. The van der Waals surface area contributed by atoms with Crippen LogP contribution in [0.4, 0.5) is 0 Å². The molecule has 0 aliphatic carbocycles. The largest absolute Gasteiger partial charge is 0.454 e. The molecule has 0 radical (unpaired) electrons. The Bertz CT molecular complexity index is 833. The molecule has 0 saturated carbocycles. The molecule has 1 fully saturated rings. The minimum Gasteiger partial charge on any atom is -0.454 e. The fourth-order valence-electron chi connectivity index (χ4n) is 3.63. The van der Waals surface area contributed by atoms with Gasteiger partial charge in [0.1, 0.15) is 0 Å². The molecule has 2 aromatic rings. The van der Waals surface area contributed by atoms with E-state index in [1.165, 1.54) is 0 Å². The third-order valence-corrected chi connectivity index (χ3v) is 5.13. The first kappa shape index (κ1) is 16.7. The van der Waals surface area contributed by atoms with Crippen molar-refractivity contribution in [3.05, 3.63) is 58.0 Å². The number of fused-ring (bicyclic) bond motifs is 1. The van der Waals surface area contributed by atoms with Crippen molar-refractivity contribution in [1.82, 2.24) is 9.88 Å². The number of benzene rings is 1. The number of nitrogens with one attached hydrogen (secondary N) is 1. The number of rotatable bonds is 4. The molecular formula is C20H22N2O4. The van der Waals surface area contributed by atoms with Crippen LogP contribution in [0.1, 0.15) is 24.0 Å². The fourth-order valence-corrected chi connectivity index (χ4v) is 3.63. The Morgan fingerprint density at radius 2 is 1.85 bits per heavy atom. The van der Waals surface area contributed by atoms with E-state index in [4.69, 9.17) is 9.47 Å². The number of nitrogens with zero attached hydrogens (tertiary/aromatic N) is 1. The topological polar surface area (TPSA) is 71.6 Å². The summed E-state index contributed by atoms with van der Waals surface area (Å²) in [5.41, 5.74) is 2.03. The van der Waals surface area contributed by atoms with Gasteiger partial charge in [-0.3, -0.25) is 9.59 Å². The van der Waals surface area contributed by atoms with Crippen LogP contribution in [0.3, 0.4) is 0 Å². The summed E-state index contributed by atoms with van der Waals surface area (Å²) < 4.78 is 10.7. The molecule has 2 aliphatic rings. The molecule has 1 saturated heterocycles. The first-order valence-corrected chi connectivity index (χ1v) is 9.01. The normalized spacial score (nSPS) is 16.7. The van der Waals surface area contributed by atoms with Crippen LogP contribution in [-0.4, -0.2) is 35.7 Å². The molecule has 0 atom stereocenters. The molecule has 4 rings (SSSR count). The van der Waals surface area contributed by atoms with Gasteiger partial charge >= 0.3 is 0 Å². The maximum atomic E-state index is 12.6. The van der Waals surface area contributed by atoms with E-state index in [0.717, 1.165) is 55.0 Å². The van der Waals surface area contributed by atoms with Crippen LogP contribution in [0.5, 0.6) is 11.5 Å². The number of carbonyl (C=O) groups is 1. The van der Waals surface area contributed by atoms with Crippen LogP contribution in [0, 0.1) is 5.92 Å². The summed E-state index contributed by atoms with van der Waals surface area (Å²) in [6.07, 6.45) is 5.11. The van der Waals surface area contributed by atoms with Crippen molar-refractivity contribution in [2.75, 3.05) is 19.9 Å². The van der Waals surface area contributed by atoms with Crippen molar-refractivity contribution in [3.63, 3.8) is 0 Å². The lowest BCUT2D eigenvalue weighted by atomic mass is 9.90. The molecular weight excluding hydrogens is 332 g/mol. The van der Waals surface area contributed by atoms with E-state index in [9.17, 15) is 9.59 Å². The minimum absolute atomic E-state index is 0.0716. The molecule has 6 nitrogen and oxygen atoms in total. The summed E-state index contributed by atoms with van der Waals surface area (Å²) in [6, 6.07) is 9.13. The fraction of sp³-hybridized carbons (Fsp3) is 0.400. The van der Waals surface area contributed by atoms with Gasteiger partial charge < -0.3 is 19.4 Å². The van der Waals surface area contributed by atoms with E-state index < -0.39 is 0 Å². The highest BCUT2D eigenvalue weighted by Gasteiger charge is 2.23. The maximum absolute atomic E-state index is 12.6. The Kier molecular flexibility index (Phi) is 4.65. The van der Waals surface area contributed by atoms with E-state index in [1.54, 1.807) is 12.3 Å². The average molecular weight is 354 g/mol. The van der Waals surface area contributed by atoms with E-state index in [0.29, 0.717) is 12.3 Å². The lowest BCUT2D eigenvalue weighted by Gasteiger charge is -2.32. The van der Waals surface area contributed by atoms with E-state index in [1.807, 2.05) is 29.2 Å². The first-order chi connectivity index (χ1) is 12.7. The Balaban J connectivity index is 1.29. The van der Waals surface area contributed by atoms with Gasteiger partial charge in [0.25, 0.3) is 0 Å². The quantitative estimate of drug-likeness (QED) is 0.913. The number of hydrogen-bond donors (Lipinski definition) is 1. The summed E-state index contributed by atoms with van der Waals surface area (Å²) >= 11 is 0. The molecule has 0 bridgehead atoms. The van der Waals surface area contributed by atoms with Gasteiger partial charge in [-0.15, -0.1) is 0 Å². The predicted octanol–water partition coefficient (Wildman–Crippen LogP) is 2.13. The SMILES string of the molecule is O=C(Cc1ccc2c(c1)OCO2)N1CCC(Cc2ccc(=O)[nH]c2)CC1. The summed E-state index contributed by atoms with van der Waals surface area (Å²) in [6.45, 7) is 1.82. The van der Waals surface area contributed by atoms with E-state index in [-0.39, 0.29) is 18.3 Å². The lowest BCUT2D eigenvalue weighted by molar-refractivity contribution is -0.131. The zero-order valence-electron chi connectivity index (χ0n) is 14.6. The van der Waals surface area contributed by atoms with Crippen LogP contribution < -0.4 is 15.0 Å². The second kappa shape index (κ2) is 7.23. The number of aromatic amines is 1. The molecule has 136 valence electrons. The third kappa shape index (κ3) is 3.74. The van der Waals surface area contributed by atoms with Gasteiger partial charge in [-0.25, -0.2) is 0 Å². The maximum Gasteiger partial charge on any atom is 0.247 e. The average Bonchev–Trinajstić information content (AvgIpc) is 3.12. The molecule has 1 N–H and O–H groups in total. The van der Waals surface area contributed by atoms with Crippen LogP contribution >= 0.6 is 0 Å². The number of ether oxygens (including phenoxy) is 2. The zero-order valence-corrected chi connectivity index (χ0v) is 14.6. The number of pyridine rings is 1. The highest BCUT2D eigenvalue weighted by molar-refractivity contribution is 5.79. The molecule has 26 heavy (non-hydrogen) atoms. The van der Waals surface area contributed by atoms with Gasteiger partial charge in [-0.05, 0) is 48.4 Å². The van der Waals surface area contributed by atoms with Crippen molar-refractivity contribution < 1.29 is 14.3 Å². The van der Waals surface area contributed by atoms with E-state index >= 15 is 0 Å². The molecule has 6 heteroatoms. The van der Waals surface area contributed by atoms with Crippen molar-refractivity contribution in [2.45, 2.75) is 25.7 Å². The third-order valence-electron chi connectivity index (χ3n) is 5.13. The van der Waals surface area contributed by atoms with Crippen molar-refractivity contribution in [1.29, 1.82) is 0 Å². The standard InChI is InChI=1S/C20H22N2O4/c23-19-4-2-16(12-21-19)9-14-5-7-22(8-6-14)20(24)11-15-1-3-17-18(10-15)26-13-25-17/h1-4,10,12,14H,5-9,11,13H2,(H,21,23). The molecule has 3 heterocycles. The monoisotopic (exact) mass is 354 g/mol. The van der Waals surface area contributed by atoms with Crippen molar-refractivity contribution in [2.24, 2.45) is 5.92 Å². The number of hydrogen-bond acceptors (Lipinski definition) is 4. The second-order valence-corrected chi connectivity index (χ2v) is 6.95. The van der Waals surface area contributed by atoms with Crippen LogP contribution in [0.2, 0.25) is 0 Å². The first-order valence-electron chi connectivity index (χ1n) is 9.01. The number of amides is 1. The van der Waals surface area contributed by atoms with Gasteiger partial charge in [0.15, 0.2) is 11.5 Å². The highest BCUT2D eigenvalue weighted by Crippen LogP contribution is 2.32. The zero-order chi connectivity index (χ0) is 17.9. The number of likely N-dealkylation sites (tertiary alicyclic amines) is 1. The Morgan fingerprint density at radius 3 is 2.62 bits per heavy atom. The van der Waals surface area contributed by atoms with Crippen molar-refractivity contribution >= 4 is 5.91 Å². The van der Waals surface area contributed by atoms with Gasteiger partial charge in [-0.1, -0.05) is 12.1 Å². The number of aromatic nitrogens is 1. The minimum atomic E-state index is -0.0716. The molecule has 1 aromatic carbocycles. The Hall–Kier alpha value is -2.76. The van der Waals surface area contributed by atoms with Crippen LogP contribution in [0.25, 0.3) is 0 Å². The lowest BCUT2D eigenvalue weighted by Crippen LogP contribution is -2.39. The number of piperidine rings is 1. The predicted molar refractivity (Wildman–Crippen MR) is 96.3 cm³/mol. The van der Waals surface area contributed by atoms with E-state index in [2.05, 4.69) is 4.98 Å². The van der Waals surface area contributed by atoms with Gasteiger partial charge in [0.2, 0.25) is 18.3 Å². The number of H-pyrrole nitrogens is 1. The van der Waals surface area contributed by atoms with Gasteiger partial charge in [0.05, 0.1) is 6.42 Å². The van der Waals surface area contributed by atoms with Crippen LogP contribution in [0.15, 0.2) is 41.3 Å². The summed E-state index contributed by atoms with van der Waals surface area (Å²) in [4.78, 5) is 28.4.